The van der Waals surface area contributed by atoms with Crippen molar-refractivity contribution >= 4 is 23.3 Å². The lowest BCUT2D eigenvalue weighted by molar-refractivity contribution is -0.132. The van der Waals surface area contributed by atoms with E-state index in [4.69, 9.17) is 11.6 Å². The zero-order valence-electron chi connectivity index (χ0n) is 13.0. The number of nitrogens with zero attached hydrogens (tertiary/aromatic N) is 2. The van der Waals surface area contributed by atoms with Crippen LogP contribution in [0.3, 0.4) is 0 Å². The third-order valence-corrected chi connectivity index (χ3v) is 3.90. The predicted molar refractivity (Wildman–Crippen MR) is 81.6 cm³/mol. The van der Waals surface area contributed by atoms with E-state index in [-0.39, 0.29) is 17.7 Å². The quantitative estimate of drug-likeness (QED) is 0.619. The van der Waals surface area contributed by atoms with Gasteiger partial charge in [-0.15, -0.1) is 11.6 Å². The van der Waals surface area contributed by atoms with Crippen LogP contribution in [-0.4, -0.2) is 40.1 Å². The van der Waals surface area contributed by atoms with Crippen LogP contribution in [0.2, 0.25) is 0 Å². The van der Waals surface area contributed by atoms with Gasteiger partial charge in [-0.1, -0.05) is 0 Å². The molecule has 0 saturated heterocycles. The number of alkyl halides is 1. The molecule has 1 aromatic rings. The fraction of sp³-hybridized carbons (Fsp3) is 0.600. The van der Waals surface area contributed by atoms with Crippen molar-refractivity contribution in [3.05, 3.63) is 23.0 Å². The highest BCUT2D eigenvalue weighted by atomic mass is 35.5. The van der Waals surface area contributed by atoms with E-state index >= 15 is 0 Å². The molecule has 0 fully saturated rings. The van der Waals surface area contributed by atoms with Crippen LogP contribution in [0.15, 0.2) is 6.07 Å². The number of Topliss-reactive ketones (excluding diaryl/α,β-unsaturated/α-hetero) is 1. The van der Waals surface area contributed by atoms with Gasteiger partial charge in [-0.05, 0) is 40.7 Å². The van der Waals surface area contributed by atoms with Gasteiger partial charge in [0.25, 0.3) is 0 Å². The summed E-state index contributed by atoms with van der Waals surface area (Å²) in [6.07, 6.45) is 0. The summed E-state index contributed by atoms with van der Waals surface area (Å²) in [7, 11) is 1.78. The topological polar surface area (TPSA) is 42.3 Å². The van der Waals surface area contributed by atoms with Crippen molar-refractivity contribution in [3.63, 3.8) is 0 Å². The fourth-order valence-corrected chi connectivity index (χ4v) is 2.54. The number of carbonyl (C=O) groups is 2. The maximum absolute atomic E-state index is 12.3. The first kappa shape index (κ1) is 16.8. The summed E-state index contributed by atoms with van der Waals surface area (Å²) in [5.74, 6) is -0.0678. The van der Waals surface area contributed by atoms with Crippen LogP contribution < -0.4 is 0 Å². The van der Waals surface area contributed by atoms with Gasteiger partial charge < -0.3 is 9.47 Å². The summed E-state index contributed by atoms with van der Waals surface area (Å²) in [4.78, 5) is 26.0. The highest BCUT2D eigenvalue weighted by molar-refractivity contribution is 6.33. The van der Waals surface area contributed by atoms with E-state index in [2.05, 4.69) is 0 Å². The number of aryl methyl sites for hydroxylation is 1. The van der Waals surface area contributed by atoms with Gasteiger partial charge in [0.1, 0.15) is 6.04 Å². The molecule has 0 aliphatic heterocycles. The summed E-state index contributed by atoms with van der Waals surface area (Å²) in [5.41, 5.74) is 2.29. The van der Waals surface area contributed by atoms with Crippen molar-refractivity contribution in [1.29, 1.82) is 0 Å². The molecule has 2 unspecified atom stereocenters. The van der Waals surface area contributed by atoms with Crippen LogP contribution in [0.4, 0.5) is 0 Å². The molecule has 4 nitrogen and oxygen atoms in total. The van der Waals surface area contributed by atoms with Gasteiger partial charge in [-0.3, -0.25) is 9.59 Å². The zero-order chi connectivity index (χ0) is 15.6. The lowest BCUT2D eigenvalue weighted by Gasteiger charge is -2.23. The third-order valence-electron chi connectivity index (χ3n) is 3.71. The normalized spacial score (nSPS) is 13.9. The fourth-order valence-electron chi connectivity index (χ4n) is 2.42. The lowest BCUT2D eigenvalue weighted by Crippen LogP contribution is -2.33. The van der Waals surface area contributed by atoms with Crippen LogP contribution in [0.5, 0.6) is 0 Å². The Labute approximate surface area is 125 Å². The predicted octanol–water partition coefficient (Wildman–Crippen LogP) is 2.95. The minimum atomic E-state index is -0.562. The highest BCUT2D eigenvalue weighted by Gasteiger charge is 2.25. The molecule has 0 spiro atoms. The average Bonchev–Trinajstić information content (AvgIpc) is 2.70. The van der Waals surface area contributed by atoms with E-state index in [0.29, 0.717) is 12.1 Å². The molecule has 0 aromatic carbocycles. The molecule has 1 aromatic heterocycles. The van der Waals surface area contributed by atoms with Crippen LogP contribution in [0.25, 0.3) is 0 Å². The standard InChI is InChI=1S/C15H23ClN2O2/c1-7-17(6)15(20)12(5)18-9(2)8-13(11(18)4)14(19)10(3)16/h8,10,12H,7H2,1-6H3. The average molecular weight is 299 g/mol. The van der Waals surface area contributed by atoms with E-state index in [0.717, 1.165) is 11.4 Å². The Bertz CT molecular complexity index is 520. The Kier molecular flexibility index (Phi) is 5.40. The number of halogens is 1. The summed E-state index contributed by atoms with van der Waals surface area (Å²) < 4.78 is 1.90. The number of carbonyl (C=O) groups excluding carboxylic acids is 2. The molecule has 112 valence electrons. The Morgan fingerprint density at radius 2 is 1.90 bits per heavy atom. The molecule has 1 rings (SSSR count). The summed E-state index contributed by atoms with van der Waals surface area (Å²) in [6, 6.07) is 1.49. The van der Waals surface area contributed by atoms with Crippen LogP contribution in [0.1, 0.15) is 48.6 Å². The molecule has 2 atom stereocenters. The molecule has 20 heavy (non-hydrogen) atoms. The number of aromatic nitrogens is 1. The molecule has 0 aliphatic rings. The number of hydrogen-bond acceptors (Lipinski definition) is 2. The van der Waals surface area contributed by atoms with Crippen molar-refractivity contribution < 1.29 is 9.59 Å². The molecular weight excluding hydrogens is 276 g/mol. The number of likely N-dealkylation sites (N-methyl/N-ethyl adjacent to an activating group) is 1. The molecule has 0 aliphatic carbocycles. The second-order valence-electron chi connectivity index (χ2n) is 5.16. The van der Waals surface area contributed by atoms with Crippen molar-refractivity contribution in [2.45, 2.75) is 46.0 Å². The first-order valence-electron chi connectivity index (χ1n) is 6.84. The van der Waals surface area contributed by atoms with Gasteiger partial charge in [0, 0.05) is 30.5 Å². The molecule has 5 heteroatoms. The maximum atomic E-state index is 12.3. The largest absolute Gasteiger partial charge is 0.344 e. The molecular formula is C15H23ClN2O2. The van der Waals surface area contributed by atoms with E-state index in [1.165, 1.54) is 0 Å². The van der Waals surface area contributed by atoms with E-state index in [1.807, 2.05) is 38.3 Å². The van der Waals surface area contributed by atoms with Crippen molar-refractivity contribution in [1.82, 2.24) is 9.47 Å². The van der Waals surface area contributed by atoms with Crippen LogP contribution in [-0.2, 0) is 4.79 Å². The second kappa shape index (κ2) is 6.44. The maximum Gasteiger partial charge on any atom is 0.245 e. The number of ketones is 1. The Morgan fingerprint density at radius 3 is 2.35 bits per heavy atom. The molecule has 0 radical (unpaired) electrons. The monoisotopic (exact) mass is 298 g/mol. The number of amides is 1. The Balaban J connectivity index is 3.21. The van der Waals surface area contributed by atoms with Gasteiger partial charge in [-0.25, -0.2) is 0 Å². The van der Waals surface area contributed by atoms with E-state index in [9.17, 15) is 9.59 Å². The first-order chi connectivity index (χ1) is 9.22. The molecule has 1 amide bonds. The summed E-state index contributed by atoms with van der Waals surface area (Å²) in [6.45, 7) is 9.87. The van der Waals surface area contributed by atoms with Crippen molar-refractivity contribution in [3.8, 4) is 0 Å². The van der Waals surface area contributed by atoms with Crippen LogP contribution in [0, 0.1) is 13.8 Å². The van der Waals surface area contributed by atoms with Gasteiger partial charge >= 0.3 is 0 Å². The lowest BCUT2D eigenvalue weighted by atomic mass is 10.1. The Hall–Kier alpha value is -1.29. The molecule has 1 heterocycles. The van der Waals surface area contributed by atoms with Gasteiger partial charge in [0.2, 0.25) is 5.91 Å². The Morgan fingerprint density at radius 1 is 1.35 bits per heavy atom. The molecule has 0 N–H and O–H groups in total. The van der Waals surface area contributed by atoms with Gasteiger partial charge in [0.05, 0.1) is 5.38 Å². The minimum absolute atomic E-state index is 0.0345. The minimum Gasteiger partial charge on any atom is -0.344 e. The van der Waals surface area contributed by atoms with E-state index in [1.54, 1.807) is 18.9 Å². The second-order valence-corrected chi connectivity index (χ2v) is 5.82. The zero-order valence-corrected chi connectivity index (χ0v) is 13.8. The first-order valence-corrected chi connectivity index (χ1v) is 7.27. The smallest absolute Gasteiger partial charge is 0.245 e. The number of rotatable bonds is 5. The summed E-state index contributed by atoms with van der Waals surface area (Å²) >= 11 is 5.88. The van der Waals surface area contributed by atoms with Crippen molar-refractivity contribution in [2.75, 3.05) is 13.6 Å². The SMILES string of the molecule is CCN(C)C(=O)C(C)n1c(C)cc(C(=O)C(C)Cl)c1C. The van der Waals surface area contributed by atoms with E-state index < -0.39 is 5.38 Å². The summed E-state index contributed by atoms with van der Waals surface area (Å²) in [5, 5.41) is -0.562. The van der Waals surface area contributed by atoms with Crippen LogP contribution >= 0.6 is 11.6 Å². The third kappa shape index (κ3) is 3.06. The molecule has 0 saturated carbocycles. The van der Waals surface area contributed by atoms with Crippen molar-refractivity contribution in [2.24, 2.45) is 0 Å². The van der Waals surface area contributed by atoms with Gasteiger partial charge in [0.15, 0.2) is 5.78 Å². The number of hydrogen-bond donors (Lipinski definition) is 0. The van der Waals surface area contributed by atoms with Gasteiger partial charge in [-0.2, -0.15) is 0 Å². The molecule has 0 bridgehead atoms. The highest BCUT2D eigenvalue weighted by Crippen LogP contribution is 2.23.